The zero-order valence-corrected chi connectivity index (χ0v) is 15.5. The molecule has 20 heavy (non-hydrogen) atoms. The Morgan fingerprint density at radius 2 is 2.10 bits per heavy atom. The molecular formula is C16H22Br2N2. The summed E-state index contributed by atoms with van der Waals surface area (Å²) in [5.41, 5.74) is 1.96. The number of nitrogens with one attached hydrogen (secondary N) is 1. The second-order valence-corrected chi connectivity index (χ2v) is 9.08. The summed E-state index contributed by atoms with van der Waals surface area (Å²) in [6.45, 7) is 8.17. The van der Waals surface area contributed by atoms with E-state index >= 15 is 0 Å². The molecule has 2 fully saturated rings. The van der Waals surface area contributed by atoms with Crippen molar-refractivity contribution in [2.45, 2.75) is 52.6 Å². The van der Waals surface area contributed by atoms with Crippen molar-refractivity contribution in [2.75, 3.05) is 0 Å². The summed E-state index contributed by atoms with van der Waals surface area (Å²) in [6, 6.07) is 2.66. The lowest BCUT2D eigenvalue weighted by atomic mass is 9.68. The number of hydrogen-bond donors (Lipinski definition) is 1. The van der Waals surface area contributed by atoms with Crippen LogP contribution in [0.4, 0.5) is 0 Å². The minimum Gasteiger partial charge on any atom is -0.307 e. The first-order valence-electron chi connectivity index (χ1n) is 7.36. The molecule has 1 heterocycles. The van der Waals surface area contributed by atoms with Crippen LogP contribution in [0.15, 0.2) is 21.2 Å². The van der Waals surface area contributed by atoms with Gasteiger partial charge in [-0.2, -0.15) is 0 Å². The van der Waals surface area contributed by atoms with E-state index in [1.165, 1.54) is 19.3 Å². The molecule has 3 atom stereocenters. The van der Waals surface area contributed by atoms with Gasteiger partial charge < -0.3 is 5.32 Å². The summed E-state index contributed by atoms with van der Waals surface area (Å²) in [7, 11) is 0. The van der Waals surface area contributed by atoms with Gasteiger partial charge in [0.05, 0.1) is 5.69 Å². The molecule has 2 aliphatic carbocycles. The van der Waals surface area contributed by atoms with E-state index < -0.39 is 0 Å². The second kappa shape index (κ2) is 5.06. The Kier molecular flexibility index (Phi) is 3.79. The summed E-state index contributed by atoms with van der Waals surface area (Å²) >= 11 is 7.06. The standard InChI is InChI=1S/C16H22Br2N2/c1-15(2)10-4-5-16(3,7-10)14(15)20-9-13-12(18)6-11(17)8-19-13/h6,8,10,14,20H,4-5,7,9H2,1-3H3. The molecule has 3 rings (SSSR count). The number of nitrogens with zero attached hydrogens (tertiary/aromatic N) is 1. The van der Waals surface area contributed by atoms with E-state index in [-0.39, 0.29) is 0 Å². The highest BCUT2D eigenvalue weighted by Gasteiger charge is 2.58. The Balaban J connectivity index is 1.75. The van der Waals surface area contributed by atoms with E-state index in [1.807, 2.05) is 6.20 Å². The number of fused-ring (bicyclic) bond motifs is 2. The molecule has 0 aliphatic heterocycles. The third-order valence-corrected chi connectivity index (χ3v) is 6.75. The third kappa shape index (κ3) is 2.38. The smallest absolute Gasteiger partial charge is 0.0684 e. The lowest BCUT2D eigenvalue weighted by Gasteiger charge is -2.43. The highest BCUT2D eigenvalue weighted by molar-refractivity contribution is 9.11. The molecule has 1 aromatic rings. The van der Waals surface area contributed by atoms with Gasteiger partial charge in [-0.25, -0.2) is 0 Å². The molecule has 0 saturated heterocycles. The van der Waals surface area contributed by atoms with E-state index in [0.29, 0.717) is 16.9 Å². The van der Waals surface area contributed by atoms with E-state index in [9.17, 15) is 0 Å². The fraction of sp³-hybridized carbons (Fsp3) is 0.688. The maximum absolute atomic E-state index is 4.52. The van der Waals surface area contributed by atoms with Crippen molar-refractivity contribution in [3.63, 3.8) is 0 Å². The van der Waals surface area contributed by atoms with Crippen molar-refractivity contribution in [2.24, 2.45) is 16.7 Å². The van der Waals surface area contributed by atoms with Crippen LogP contribution in [-0.2, 0) is 6.54 Å². The lowest BCUT2D eigenvalue weighted by molar-refractivity contribution is 0.107. The fourth-order valence-electron chi connectivity index (χ4n) is 4.58. The van der Waals surface area contributed by atoms with Gasteiger partial charge in [-0.3, -0.25) is 4.98 Å². The number of hydrogen-bond acceptors (Lipinski definition) is 2. The van der Waals surface area contributed by atoms with E-state index in [2.05, 4.69) is 69.0 Å². The second-order valence-electron chi connectivity index (χ2n) is 7.31. The highest BCUT2D eigenvalue weighted by atomic mass is 79.9. The van der Waals surface area contributed by atoms with Gasteiger partial charge in [-0.1, -0.05) is 20.8 Å². The van der Waals surface area contributed by atoms with Crippen LogP contribution < -0.4 is 5.32 Å². The Morgan fingerprint density at radius 3 is 2.70 bits per heavy atom. The Bertz CT molecular complexity index is 524. The van der Waals surface area contributed by atoms with E-state index in [1.54, 1.807) is 0 Å². The average molecular weight is 402 g/mol. The van der Waals surface area contributed by atoms with Crippen molar-refractivity contribution in [1.29, 1.82) is 0 Å². The topological polar surface area (TPSA) is 24.9 Å². The summed E-state index contributed by atoms with van der Waals surface area (Å²) in [4.78, 5) is 4.52. The first kappa shape index (κ1) is 15.0. The zero-order valence-electron chi connectivity index (χ0n) is 12.3. The van der Waals surface area contributed by atoms with Gasteiger partial charge in [0.15, 0.2) is 0 Å². The number of aromatic nitrogens is 1. The minimum absolute atomic E-state index is 0.398. The molecule has 0 aromatic carbocycles. The molecular weight excluding hydrogens is 380 g/mol. The van der Waals surface area contributed by atoms with Crippen molar-refractivity contribution in [1.82, 2.24) is 10.3 Å². The largest absolute Gasteiger partial charge is 0.307 e. The van der Waals surface area contributed by atoms with Crippen molar-refractivity contribution in [3.8, 4) is 0 Å². The highest BCUT2D eigenvalue weighted by Crippen LogP contribution is 2.62. The Hall–Kier alpha value is 0.0700. The van der Waals surface area contributed by atoms with E-state index in [4.69, 9.17) is 0 Å². The molecule has 1 N–H and O–H groups in total. The lowest BCUT2D eigenvalue weighted by Crippen LogP contribution is -2.50. The van der Waals surface area contributed by atoms with Gasteiger partial charge in [-0.15, -0.1) is 0 Å². The Labute approximate surface area is 138 Å². The van der Waals surface area contributed by atoms with Gasteiger partial charge in [0.25, 0.3) is 0 Å². The molecule has 3 unspecified atom stereocenters. The number of rotatable bonds is 3. The van der Waals surface area contributed by atoms with Crippen LogP contribution in [0.3, 0.4) is 0 Å². The molecule has 0 amide bonds. The predicted octanol–water partition coefficient (Wildman–Crippen LogP) is 4.91. The van der Waals surface area contributed by atoms with Gasteiger partial charge in [0.1, 0.15) is 0 Å². The normalized spacial score (nSPS) is 34.6. The molecule has 0 spiro atoms. The third-order valence-electron chi connectivity index (χ3n) is 5.63. The summed E-state index contributed by atoms with van der Waals surface area (Å²) in [5, 5.41) is 3.81. The van der Waals surface area contributed by atoms with Crippen molar-refractivity contribution < 1.29 is 0 Å². The fourth-order valence-corrected chi connectivity index (χ4v) is 5.71. The summed E-state index contributed by atoms with van der Waals surface area (Å²) < 4.78 is 2.09. The minimum atomic E-state index is 0.398. The van der Waals surface area contributed by atoms with Gasteiger partial charge >= 0.3 is 0 Å². The van der Waals surface area contributed by atoms with E-state index in [0.717, 1.165) is 27.1 Å². The molecule has 0 radical (unpaired) electrons. The molecule has 2 nitrogen and oxygen atoms in total. The number of pyridine rings is 1. The summed E-state index contributed by atoms with van der Waals surface area (Å²) in [6.07, 6.45) is 6.03. The van der Waals surface area contributed by atoms with Crippen LogP contribution in [0.2, 0.25) is 0 Å². The van der Waals surface area contributed by atoms with Crippen LogP contribution in [0.25, 0.3) is 0 Å². The van der Waals surface area contributed by atoms with Crippen LogP contribution >= 0.6 is 31.9 Å². The molecule has 4 heteroatoms. The van der Waals surface area contributed by atoms with Crippen molar-refractivity contribution in [3.05, 3.63) is 26.9 Å². The van der Waals surface area contributed by atoms with Crippen molar-refractivity contribution >= 4 is 31.9 Å². The first-order valence-corrected chi connectivity index (χ1v) is 8.95. The maximum atomic E-state index is 4.52. The van der Waals surface area contributed by atoms with Crippen LogP contribution in [0.1, 0.15) is 45.7 Å². The predicted molar refractivity (Wildman–Crippen MR) is 89.5 cm³/mol. The molecule has 2 aliphatic rings. The number of halogens is 2. The zero-order chi connectivity index (χ0) is 14.5. The maximum Gasteiger partial charge on any atom is 0.0684 e. The molecule has 2 bridgehead atoms. The van der Waals surface area contributed by atoms with Crippen LogP contribution in [0, 0.1) is 16.7 Å². The molecule has 2 saturated carbocycles. The van der Waals surface area contributed by atoms with Gasteiger partial charge in [0, 0.05) is 27.7 Å². The van der Waals surface area contributed by atoms with Gasteiger partial charge in [0.2, 0.25) is 0 Å². The van der Waals surface area contributed by atoms with Crippen LogP contribution in [-0.4, -0.2) is 11.0 Å². The molecule has 110 valence electrons. The Morgan fingerprint density at radius 1 is 1.35 bits per heavy atom. The quantitative estimate of drug-likeness (QED) is 0.777. The average Bonchev–Trinajstić information content (AvgIpc) is 2.82. The monoisotopic (exact) mass is 400 g/mol. The SMILES string of the molecule is CC12CCC(C1)C(C)(C)C2NCc1ncc(Br)cc1Br. The first-order chi connectivity index (χ1) is 9.33. The van der Waals surface area contributed by atoms with Crippen LogP contribution in [0.5, 0.6) is 0 Å². The molecule has 1 aromatic heterocycles. The summed E-state index contributed by atoms with van der Waals surface area (Å²) in [5.74, 6) is 0.881. The van der Waals surface area contributed by atoms with Gasteiger partial charge in [-0.05, 0) is 73.9 Å².